The van der Waals surface area contributed by atoms with Crippen LogP contribution < -0.4 is 0 Å². The lowest BCUT2D eigenvalue weighted by Crippen LogP contribution is -2.62. The molecule has 0 saturated heterocycles. The average Bonchev–Trinajstić information content (AvgIpc) is 3.43. The monoisotopic (exact) mass is 628 g/mol. The lowest BCUT2D eigenvalue weighted by atomic mass is 9.43. The molecule has 4 aliphatic carbocycles. The van der Waals surface area contributed by atoms with Crippen molar-refractivity contribution >= 4 is 23.7 Å². The first-order valence-electron chi connectivity index (χ1n) is 17.2. The maximum atomic E-state index is 14.3. The van der Waals surface area contributed by atoms with Crippen molar-refractivity contribution in [2.75, 3.05) is 7.11 Å². The summed E-state index contributed by atoms with van der Waals surface area (Å²) >= 11 is 0. The van der Waals surface area contributed by atoms with Crippen LogP contribution in [0.3, 0.4) is 0 Å². The van der Waals surface area contributed by atoms with Crippen LogP contribution in [0.2, 0.25) is 0 Å². The Bertz CT molecular complexity index is 1440. The van der Waals surface area contributed by atoms with E-state index in [4.69, 9.17) is 14.2 Å². The number of ketones is 1. The summed E-state index contributed by atoms with van der Waals surface area (Å²) in [6, 6.07) is 18.2. The molecule has 7 nitrogen and oxygen atoms in total. The Morgan fingerprint density at radius 3 is 2.11 bits per heavy atom. The van der Waals surface area contributed by atoms with Crippen molar-refractivity contribution in [3.63, 3.8) is 0 Å². The first-order chi connectivity index (χ1) is 22.1. The van der Waals surface area contributed by atoms with E-state index in [1.165, 1.54) is 7.11 Å². The number of hydrogen-bond donors (Lipinski definition) is 0. The fourth-order valence-corrected chi connectivity index (χ4v) is 10.3. The summed E-state index contributed by atoms with van der Waals surface area (Å²) in [5.41, 5.74) is 0.564. The third-order valence-electron chi connectivity index (χ3n) is 12.8. The summed E-state index contributed by atoms with van der Waals surface area (Å²) in [6.07, 6.45) is 5.77. The third-order valence-corrected chi connectivity index (χ3v) is 12.8. The van der Waals surface area contributed by atoms with Gasteiger partial charge < -0.3 is 14.2 Å². The van der Waals surface area contributed by atoms with E-state index in [2.05, 4.69) is 20.8 Å². The molecule has 0 bridgehead atoms. The van der Waals surface area contributed by atoms with Crippen LogP contribution in [0.25, 0.3) is 0 Å². The van der Waals surface area contributed by atoms with E-state index in [0.29, 0.717) is 49.0 Å². The smallest absolute Gasteiger partial charge is 0.338 e. The molecule has 0 aromatic heterocycles. The second-order valence-corrected chi connectivity index (χ2v) is 14.9. The van der Waals surface area contributed by atoms with Gasteiger partial charge in [-0.3, -0.25) is 9.59 Å². The Kier molecular flexibility index (Phi) is 9.15. The van der Waals surface area contributed by atoms with Crippen LogP contribution in [-0.4, -0.2) is 43.0 Å². The van der Waals surface area contributed by atoms with Crippen LogP contribution in [0.15, 0.2) is 60.7 Å². The summed E-state index contributed by atoms with van der Waals surface area (Å²) in [6.45, 7) is 6.79. The fraction of sp³-hybridized carbons (Fsp3) is 0.590. The molecule has 46 heavy (non-hydrogen) atoms. The fourth-order valence-electron chi connectivity index (χ4n) is 10.3. The molecule has 0 spiro atoms. The summed E-state index contributed by atoms with van der Waals surface area (Å²) in [5, 5.41) is 0. The number of esters is 3. The summed E-state index contributed by atoms with van der Waals surface area (Å²) in [5.74, 6) is 0.0937. The zero-order chi connectivity index (χ0) is 32.6. The van der Waals surface area contributed by atoms with Gasteiger partial charge in [0.1, 0.15) is 18.0 Å². The molecule has 4 aliphatic rings. The topological polar surface area (TPSA) is 96.0 Å². The van der Waals surface area contributed by atoms with Gasteiger partial charge in [-0.1, -0.05) is 57.2 Å². The SMILES string of the molecule is COC(=O)CC[C@@H](C)[C@H]1CC[C@H]2[C@@H]3C(=O)C[C@@H]4C[C@H](OC(=O)c5ccccc5)CC[C@]4(C)[C@H]3C[C@H](OC(=O)c3ccccc3)[C@]12C. The molecule has 2 aromatic rings. The molecule has 0 heterocycles. The van der Waals surface area contributed by atoms with Gasteiger partial charge in [-0.2, -0.15) is 0 Å². The van der Waals surface area contributed by atoms with Gasteiger partial charge in [0.2, 0.25) is 0 Å². The van der Waals surface area contributed by atoms with Gasteiger partial charge >= 0.3 is 17.9 Å². The highest BCUT2D eigenvalue weighted by Gasteiger charge is 2.67. The molecule has 2 aromatic carbocycles. The molecule has 7 heteroatoms. The Labute approximate surface area is 272 Å². The van der Waals surface area contributed by atoms with Gasteiger partial charge in [0.15, 0.2) is 0 Å². The number of rotatable bonds is 8. The zero-order valence-corrected chi connectivity index (χ0v) is 27.6. The predicted octanol–water partition coefficient (Wildman–Crippen LogP) is 7.47. The van der Waals surface area contributed by atoms with E-state index in [0.717, 1.165) is 25.7 Å². The number of ether oxygens (including phenoxy) is 3. The molecule has 4 saturated carbocycles. The van der Waals surface area contributed by atoms with E-state index in [1.807, 2.05) is 36.4 Å². The second-order valence-electron chi connectivity index (χ2n) is 14.9. The van der Waals surface area contributed by atoms with Gasteiger partial charge in [-0.15, -0.1) is 0 Å². The summed E-state index contributed by atoms with van der Waals surface area (Å²) in [7, 11) is 1.42. The van der Waals surface area contributed by atoms with Gasteiger partial charge in [-0.25, -0.2) is 9.59 Å². The maximum Gasteiger partial charge on any atom is 0.338 e. The lowest BCUT2D eigenvalue weighted by molar-refractivity contribution is -0.182. The van der Waals surface area contributed by atoms with E-state index in [9.17, 15) is 19.2 Å². The van der Waals surface area contributed by atoms with Crippen molar-refractivity contribution in [3.05, 3.63) is 71.8 Å². The highest BCUT2D eigenvalue weighted by Crippen LogP contribution is 2.68. The van der Waals surface area contributed by atoms with Crippen LogP contribution in [0.5, 0.6) is 0 Å². The van der Waals surface area contributed by atoms with E-state index >= 15 is 0 Å². The third kappa shape index (κ3) is 5.79. The van der Waals surface area contributed by atoms with Crippen molar-refractivity contribution in [2.24, 2.45) is 46.3 Å². The Hall–Kier alpha value is -3.48. The minimum atomic E-state index is -0.386. The molecular weight excluding hydrogens is 580 g/mol. The van der Waals surface area contributed by atoms with E-state index < -0.39 is 0 Å². The highest BCUT2D eigenvalue weighted by molar-refractivity contribution is 5.90. The molecule has 0 N–H and O–H groups in total. The van der Waals surface area contributed by atoms with Crippen molar-refractivity contribution < 1.29 is 33.4 Å². The molecule has 0 radical (unpaired) electrons. The molecule has 0 amide bonds. The van der Waals surface area contributed by atoms with Crippen molar-refractivity contribution in [1.82, 2.24) is 0 Å². The standard InChI is InChI=1S/C39H48O7/c1-24(15-18-34(41)44-4)29-16-17-30-35-31(23-33(39(29,30)3)46-37(43)26-13-9-6-10-14-26)38(2)20-19-28(21-27(38)22-32(35)40)45-36(42)25-11-7-5-8-12-25/h5-14,24,27-31,33,35H,15-23H2,1-4H3/t24-,27+,28-,29-,30+,31+,33+,35+,38+,39-/m1/s1. The molecular formula is C39H48O7. The molecule has 10 atom stereocenters. The summed E-state index contributed by atoms with van der Waals surface area (Å²) in [4.78, 5) is 52.8. The van der Waals surface area contributed by atoms with Gasteiger partial charge in [-0.05, 0) is 104 Å². The number of carbonyl (C=O) groups excluding carboxylic acids is 4. The van der Waals surface area contributed by atoms with E-state index in [1.54, 1.807) is 24.3 Å². The van der Waals surface area contributed by atoms with Crippen LogP contribution in [-0.2, 0) is 23.8 Å². The van der Waals surface area contributed by atoms with Crippen molar-refractivity contribution in [2.45, 2.75) is 90.8 Å². The first-order valence-corrected chi connectivity index (χ1v) is 17.2. The molecule has 246 valence electrons. The second kappa shape index (κ2) is 13.0. The zero-order valence-electron chi connectivity index (χ0n) is 27.6. The van der Waals surface area contributed by atoms with Crippen LogP contribution in [0, 0.1) is 46.3 Å². The summed E-state index contributed by atoms with van der Waals surface area (Å²) < 4.78 is 17.5. The number of carbonyl (C=O) groups is 4. The van der Waals surface area contributed by atoms with Gasteiger partial charge in [0, 0.05) is 24.2 Å². The minimum absolute atomic E-state index is 0.0836. The predicted molar refractivity (Wildman–Crippen MR) is 173 cm³/mol. The average molecular weight is 629 g/mol. The largest absolute Gasteiger partial charge is 0.469 e. The minimum Gasteiger partial charge on any atom is -0.469 e. The molecule has 4 fully saturated rings. The van der Waals surface area contributed by atoms with Gasteiger partial charge in [0.25, 0.3) is 0 Å². The maximum absolute atomic E-state index is 14.3. The number of fused-ring (bicyclic) bond motifs is 5. The number of hydrogen-bond acceptors (Lipinski definition) is 7. The normalized spacial score (nSPS) is 35.6. The lowest BCUT2D eigenvalue weighted by Gasteiger charge is -2.62. The van der Waals surface area contributed by atoms with Crippen LogP contribution in [0.4, 0.5) is 0 Å². The Morgan fingerprint density at radius 1 is 0.848 bits per heavy atom. The van der Waals surface area contributed by atoms with Crippen molar-refractivity contribution in [1.29, 1.82) is 0 Å². The van der Waals surface area contributed by atoms with Crippen molar-refractivity contribution in [3.8, 4) is 0 Å². The van der Waals surface area contributed by atoms with Gasteiger partial charge in [0.05, 0.1) is 18.2 Å². The first kappa shape index (κ1) is 32.5. The number of methoxy groups -OCH3 is 1. The Morgan fingerprint density at radius 2 is 1.48 bits per heavy atom. The Balaban J connectivity index is 1.27. The van der Waals surface area contributed by atoms with Crippen LogP contribution >= 0.6 is 0 Å². The molecule has 6 rings (SSSR count). The highest BCUT2D eigenvalue weighted by atomic mass is 16.5. The molecule has 0 aliphatic heterocycles. The molecule has 0 unspecified atom stereocenters. The number of Topliss-reactive ketones (excluding diaryl/α,β-unsaturated/α-hetero) is 1. The van der Waals surface area contributed by atoms with Crippen LogP contribution in [0.1, 0.15) is 99.3 Å². The van der Waals surface area contributed by atoms with E-state index in [-0.39, 0.29) is 76.5 Å². The quantitative estimate of drug-likeness (QED) is 0.221. The number of benzene rings is 2.